The highest BCUT2D eigenvalue weighted by atomic mass is 16.3. The van der Waals surface area contributed by atoms with Crippen LogP contribution >= 0.6 is 0 Å². The van der Waals surface area contributed by atoms with Crippen molar-refractivity contribution >= 4 is 0 Å². The molecule has 0 aromatic heterocycles. The van der Waals surface area contributed by atoms with Gasteiger partial charge in [-0.2, -0.15) is 0 Å². The highest BCUT2D eigenvalue weighted by Gasteiger charge is 2.62. The minimum Gasteiger partial charge on any atom is -0.393 e. The van der Waals surface area contributed by atoms with Crippen molar-refractivity contribution < 1.29 is 15.3 Å². The molecule has 0 spiro atoms. The molecule has 3 heteroatoms. The second-order valence-electron chi connectivity index (χ2n) is 10.2. The number of aliphatic hydroxyl groups is 3. The molecule has 0 aliphatic heterocycles. The van der Waals surface area contributed by atoms with Gasteiger partial charge in [0.15, 0.2) is 0 Å². The fourth-order valence-corrected chi connectivity index (χ4v) is 8.11. The highest BCUT2D eigenvalue weighted by Crippen LogP contribution is 2.67. The Morgan fingerprint density at radius 1 is 0.833 bits per heavy atom. The Balaban J connectivity index is 1.64. The summed E-state index contributed by atoms with van der Waals surface area (Å²) in [6, 6.07) is 0. The Morgan fingerprint density at radius 2 is 1.50 bits per heavy atom. The summed E-state index contributed by atoms with van der Waals surface area (Å²) >= 11 is 0. The van der Waals surface area contributed by atoms with Gasteiger partial charge in [-0.05, 0) is 98.7 Å². The summed E-state index contributed by atoms with van der Waals surface area (Å²) in [5.74, 6) is 2.68. The number of aliphatic hydroxyl groups excluding tert-OH is 3. The molecule has 0 heterocycles. The van der Waals surface area contributed by atoms with Gasteiger partial charge in [0, 0.05) is 0 Å². The quantitative estimate of drug-likeness (QED) is 0.688. The minimum atomic E-state index is -0.251. The Kier molecular flexibility index (Phi) is 4.10. The smallest absolute Gasteiger partial charge is 0.0577 e. The lowest BCUT2D eigenvalue weighted by Gasteiger charge is -2.62. The molecule has 24 heavy (non-hydrogen) atoms. The van der Waals surface area contributed by atoms with E-state index in [1.807, 2.05) is 6.92 Å². The summed E-state index contributed by atoms with van der Waals surface area (Å²) < 4.78 is 0. The van der Waals surface area contributed by atoms with E-state index in [4.69, 9.17) is 0 Å². The van der Waals surface area contributed by atoms with Crippen LogP contribution in [0.3, 0.4) is 0 Å². The Bertz CT molecular complexity index is 491. The zero-order valence-corrected chi connectivity index (χ0v) is 15.6. The van der Waals surface area contributed by atoms with E-state index in [1.54, 1.807) is 0 Å². The van der Waals surface area contributed by atoms with Gasteiger partial charge in [0.05, 0.1) is 18.3 Å². The topological polar surface area (TPSA) is 60.7 Å². The molecular weight excluding hydrogens is 300 g/mol. The predicted octanol–water partition coefficient (Wildman–Crippen LogP) is 3.36. The molecule has 0 radical (unpaired) electrons. The molecule has 0 amide bonds. The summed E-state index contributed by atoms with van der Waals surface area (Å²) in [6.07, 6.45) is 7.86. The van der Waals surface area contributed by atoms with Gasteiger partial charge in [0.2, 0.25) is 0 Å². The lowest BCUT2D eigenvalue weighted by atomic mass is 9.44. The summed E-state index contributed by atoms with van der Waals surface area (Å²) in [6.45, 7) is 6.80. The summed E-state index contributed by atoms with van der Waals surface area (Å²) in [5.41, 5.74) is 0.457. The van der Waals surface area contributed by atoms with Crippen molar-refractivity contribution in [1.29, 1.82) is 0 Å². The number of hydrogen-bond donors (Lipinski definition) is 3. The third kappa shape index (κ3) is 2.27. The van der Waals surface area contributed by atoms with Crippen LogP contribution in [-0.2, 0) is 0 Å². The number of fused-ring (bicyclic) bond motifs is 5. The molecule has 4 fully saturated rings. The van der Waals surface area contributed by atoms with E-state index in [9.17, 15) is 15.3 Å². The van der Waals surface area contributed by atoms with E-state index in [0.29, 0.717) is 23.7 Å². The van der Waals surface area contributed by atoms with Gasteiger partial charge in [-0.15, -0.1) is 0 Å². The largest absolute Gasteiger partial charge is 0.393 e. The van der Waals surface area contributed by atoms with Crippen molar-refractivity contribution in [1.82, 2.24) is 0 Å². The summed E-state index contributed by atoms with van der Waals surface area (Å²) in [4.78, 5) is 0. The van der Waals surface area contributed by atoms with Crippen LogP contribution in [0.4, 0.5) is 0 Å². The van der Waals surface area contributed by atoms with Crippen molar-refractivity contribution in [2.45, 2.75) is 90.4 Å². The van der Waals surface area contributed by atoms with Crippen LogP contribution in [0.5, 0.6) is 0 Å². The first-order chi connectivity index (χ1) is 11.3. The van der Waals surface area contributed by atoms with Crippen LogP contribution in [0.15, 0.2) is 0 Å². The first-order valence-electron chi connectivity index (χ1n) is 10.3. The van der Waals surface area contributed by atoms with Gasteiger partial charge < -0.3 is 15.3 Å². The third-order valence-electron chi connectivity index (χ3n) is 9.31. The van der Waals surface area contributed by atoms with Crippen LogP contribution in [0.2, 0.25) is 0 Å². The van der Waals surface area contributed by atoms with Crippen LogP contribution in [-0.4, -0.2) is 33.6 Å². The predicted molar refractivity (Wildman–Crippen MR) is 94.3 cm³/mol. The minimum absolute atomic E-state index is 0.200. The molecule has 4 saturated carbocycles. The Morgan fingerprint density at radius 3 is 2.21 bits per heavy atom. The molecule has 0 saturated heterocycles. The Labute approximate surface area is 146 Å². The maximum atomic E-state index is 10.9. The number of hydrogen-bond acceptors (Lipinski definition) is 3. The fourth-order valence-electron chi connectivity index (χ4n) is 8.11. The fraction of sp³-hybridized carbons (Fsp3) is 1.00. The zero-order valence-electron chi connectivity index (χ0n) is 15.6. The zero-order chi connectivity index (χ0) is 17.3. The van der Waals surface area contributed by atoms with Gasteiger partial charge >= 0.3 is 0 Å². The first kappa shape index (κ1) is 17.3. The lowest BCUT2D eigenvalue weighted by Crippen LogP contribution is -2.58. The van der Waals surface area contributed by atoms with Crippen LogP contribution in [0, 0.1) is 40.4 Å². The van der Waals surface area contributed by atoms with Gasteiger partial charge in [0.1, 0.15) is 0 Å². The molecule has 0 unspecified atom stereocenters. The van der Waals surface area contributed by atoms with Crippen molar-refractivity contribution in [2.75, 3.05) is 0 Å². The van der Waals surface area contributed by atoms with Crippen LogP contribution < -0.4 is 0 Å². The molecule has 3 nitrogen and oxygen atoms in total. The van der Waals surface area contributed by atoms with Gasteiger partial charge in [0.25, 0.3) is 0 Å². The number of rotatable bonds is 1. The van der Waals surface area contributed by atoms with Crippen molar-refractivity contribution in [3.63, 3.8) is 0 Å². The average Bonchev–Trinajstić information content (AvgIpc) is 2.87. The molecule has 138 valence electrons. The maximum Gasteiger partial charge on any atom is 0.0577 e. The lowest BCUT2D eigenvalue weighted by molar-refractivity contribution is -0.173. The second-order valence-corrected chi connectivity index (χ2v) is 10.2. The monoisotopic (exact) mass is 336 g/mol. The van der Waals surface area contributed by atoms with Crippen molar-refractivity contribution in [3.05, 3.63) is 0 Å². The molecule has 0 aromatic carbocycles. The van der Waals surface area contributed by atoms with E-state index in [-0.39, 0.29) is 35.1 Å². The van der Waals surface area contributed by atoms with E-state index in [2.05, 4.69) is 13.8 Å². The van der Waals surface area contributed by atoms with E-state index >= 15 is 0 Å². The molecule has 3 N–H and O–H groups in total. The van der Waals surface area contributed by atoms with Crippen molar-refractivity contribution in [3.8, 4) is 0 Å². The van der Waals surface area contributed by atoms with Gasteiger partial charge in [-0.3, -0.25) is 0 Å². The highest BCUT2D eigenvalue weighted by molar-refractivity contribution is 5.11. The normalized spacial score (nSPS) is 58.5. The van der Waals surface area contributed by atoms with Gasteiger partial charge in [-0.1, -0.05) is 13.8 Å². The van der Waals surface area contributed by atoms with Crippen LogP contribution in [0.1, 0.15) is 72.1 Å². The summed E-state index contributed by atoms with van der Waals surface area (Å²) in [7, 11) is 0. The van der Waals surface area contributed by atoms with Crippen molar-refractivity contribution in [2.24, 2.45) is 40.4 Å². The molecule has 0 aromatic rings. The molecule has 4 rings (SSSR count). The Hall–Kier alpha value is -0.120. The summed E-state index contributed by atoms with van der Waals surface area (Å²) in [5, 5.41) is 31.4. The molecular formula is C21H36O3. The maximum absolute atomic E-state index is 10.9. The first-order valence-corrected chi connectivity index (χ1v) is 10.3. The van der Waals surface area contributed by atoms with Gasteiger partial charge in [-0.25, -0.2) is 0 Å². The van der Waals surface area contributed by atoms with E-state index in [1.165, 1.54) is 19.3 Å². The third-order valence-corrected chi connectivity index (χ3v) is 9.31. The molecule has 10 atom stereocenters. The SMILES string of the molecule is C[C@@H](O)[C@H]1CC[C@H]2[C@@H]3C[C@H](O)[C@@H]4C[C@@H](O)CC[C@]4(C)[C@H]3CC[C@]12C. The standard InChI is InChI=1S/C21H36O3/c1-12(22)15-4-5-16-14-11-19(24)18-10-13(23)6-8-21(18,3)17(14)7-9-20(15,16)2/h12-19,22-24H,4-11H2,1-3H3/t12-,13+,14+,15-,16+,17+,18+,19+,20-,21-/m1/s1. The molecule has 4 aliphatic rings. The second kappa shape index (κ2) is 5.69. The average molecular weight is 337 g/mol. The van der Waals surface area contributed by atoms with E-state index < -0.39 is 0 Å². The van der Waals surface area contributed by atoms with E-state index in [0.717, 1.165) is 32.1 Å². The van der Waals surface area contributed by atoms with Crippen LogP contribution in [0.25, 0.3) is 0 Å². The molecule has 0 bridgehead atoms. The molecule has 4 aliphatic carbocycles.